The van der Waals surface area contributed by atoms with Crippen LogP contribution in [0.25, 0.3) is 0 Å². The third kappa shape index (κ3) is 3.77. The Labute approximate surface area is 147 Å². The Morgan fingerprint density at radius 3 is 3.04 bits per heavy atom. The molecule has 0 radical (unpaired) electrons. The van der Waals surface area contributed by atoms with Crippen LogP contribution in [0.4, 0.5) is 0 Å². The van der Waals surface area contributed by atoms with Gasteiger partial charge in [-0.3, -0.25) is 9.69 Å². The first-order chi connectivity index (χ1) is 12.3. The zero-order chi connectivity index (χ0) is 17.1. The van der Waals surface area contributed by atoms with Crippen molar-refractivity contribution in [2.75, 3.05) is 26.3 Å². The van der Waals surface area contributed by atoms with Crippen molar-refractivity contribution in [2.24, 2.45) is 5.92 Å². The van der Waals surface area contributed by atoms with Gasteiger partial charge in [-0.25, -0.2) is 4.98 Å². The van der Waals surface area contributed by atoms with Gasteiger partial charge >= 0.3 is 0 Å². The van der Waals surface area contributed by atoms with Gasteiger partial charge in [0.1, 0.15) is 6.04 Å². The fraction of sp³-hybridized carbons (Fsp3) is 0.556. The number of hydrogen-bond acceptors (Lipinski definition) is 5. The summed E-state index contributed by atoms with van der Waals surface area (Å²) in [6.45, 7) is 4.56. The summed E-state index contributed by atoms with van der Waals surface area (Å²) in [5.41, 5.74) is 2.19. The average molecular weight is 344 g/mol. The molecule has 2 aliphatic heterocycles. The van der Waals surface area contributed by atoms with E-state index in [0.717, 1.165) is 56.9 Å². The van der Waals surface area contributed by atoms with E-state index < -0.39 is 0 Å². The second-order valence-electron chi connectivity index (χ2n) is 6.91. The molecule has 4 heterocycles. The SMILES string of the molecule is O=C(NCC1CCOCC1)[C@@H]1CN(Cc2ccoc2)Cc2cncn21. The van der Waals surface area contributed by atoms with Gasteiger partial charge in [0.15, 0.2) is 0 Å². The van der Waals surface area contributed by atoms with Gasteiger partial charge in [0.2, 0.25) is 5.91 Å². The number of ether oxygens (including phenoxy) is 1. The highest BCUT2D eigenvalue weighted by molar-refractivity contribution is 5.80. The van der Waals surface area contributed by atoms with Crippen LogP contribution in [0, 0.1) is 5.92 Å². The van der Waals surface area contributed by atoms with Crippen LogP contribution in [-0.2, 0) is 22.6 Å². The minimum Gasteiger partial charge on any atom is -0.472 e. The maximum Gasteiger partial charge on any atom is 0.244 e. The lowest BCUT2D eigenvalue weighted by atomic mass is 10.0. The summed E-state index contributed by atoms with van der Waals surface area (Å²) in [4.78, 5) is 19.3. The van der Waals surface area contributed by atoms with Gasteiger partial charge in [-0.15, -0.1) is 0 Å². The highest BCUT2D eigenvalue weighted by Gasteiger charge is 2.30. The van der Waals surface area contributed by atoms with Crippen molar-refractivity contribution in [3.05, 3.63) is 42.4 Å². The quantitative estimate of drug-likeness (QED) is 0.891. The molecule has 0 spiro atoms. The zero-order valence-electron chi connectivity index (χ0n) is 14.3. The van der Waals surface area contributed by atoms with Crippen molar-refractivity contribution in [1.82, 2.24) is 19.8 Å². The van der Waals surface area contributed by atoms with Crippen LogP contribution in [0.2, 0.25) is 0 Å². The van der Waals surface area contributed by atoms with E-state index in [9.17, 15) is 4.79 Å². The van der Waals surface area contributed by atoms with E-state index in [-0.39, 0.29) is 11.9 Å². The normalized spacial score (nSPS) is 21.8. The summed E-state index contributed by atoms with van der Waals surface area (Å²) < 4.78 is 12.5. The van der Waals surface area contributed by atoms with Crippen LogP contribution in [0.3, 0.4) is 0 Å². The lowest BCUT2D eigenvalue weighted by Gasteiger charge is -2.33. The first kappa shape index (κ1) is 16.4. The largest absolute Gasteiger partial charge is 0.472 e. The Bertz CT molecular complexity index is 691. The van der Waals surface area contributed by atoms with Crippen molar-refractivity contribution < 1.29 is 13.9 Å². The molecular formula is C18H24N4O3. The lowest BCUT2D eigenvalue weighted by Crippen LogP contribution is -2.45. The molecule has 0 unspecified atom stereocenters. The molecule has 2 aliphatic rings. The fourth-order valence-electron chi connectivity index (χ4n) is 3.65. The summed E-state index contributed by atoms with van der Waals surface area (Å²) in [6, 6.07) is 1.73. The molecule has 7 nitrogen and oxygen atoms in total. The molecule has 1 amide bonds. The van der Waals surface area contributed by atoms with E-state index in [2.05, 4.69) is 15.2 Å². The number of nitrogens with one attached hydrogen (secondary N) is 1. The molecule has 1 fully saturated rings. The van der Waals surface area contributed by atoms with Gasteiger partial charge < -0.3 is 19.0 Å². The predicted molar refractivity (Wildman–Crippen MR) is 90.6 cm³/mol. The molecule has 2 aromatic rings. The summed E-state index contributed by atoms with van der Waals surface area (Å²) in [6.07, 6.45) is 9.10. The van der Waals surface area contributed by atoms with E-state index in [4.69, 9.17) is 9.15 Å². The number of carbonyl (C=O) groups is 1. The number of fused-ring (bicyclic) bond motifs is 1. The molecule has 134 valence electrons. The maximum atomic E-state index is 12.8. The number of furan rings is 1. The molecule has 0 saturated carbocycles. The number of rotatable bonds is 5. The minimum atomic E-state index is -0.238. The summed E-state index contributed by atoms with van der Waals surface area (Å²) in [5, 5.41) is 3.14. The monoisotopic (exact) mass is 344 g/mol. The molecular weight excluding hydrogens is 320 g/mol. The van der Waals surface area contributed by atoms with Crippen LogP contribution in [0.5, 0.6) is 0 Å². The number of aromatic nitrogens is 2. The van der Waals surface area contributed by atoms with Crippen molar-refractivity contribution in [3.8, 4) is 0 Å². The average Bonchev–Trinajstić information content (AvgIpc) is 3.31. The highest BCUT2D eigenvalue weighted by Crippen LogP contribution is 2.23. The second kappa shape index (κ2) is 7.41. The topological polar surface area (TPSA) is 72.5 Å². The second-order valence-corrected chi connectivity index (χ2v) is 6.91. The molecule has 25 heavy (non-hydrogen) atoms. The number of carbonyl (C=O) groups excluding carboxylic acids is 1. The molecule has 0 aromatic carbocycles. The van der Waals surface area contributed by atoms with Crippen molar-refractivity contribution in [3.63, 3.8) is 0 Å². The summed E-state index contributed by atoms with van der Waals surface area (Å²) in [7, 11) is 0. The van der Waals surface area contributed by atoms with Gasteiger partial charge in [-0.2, -0.15) is 0 Å². The van der Waals surface area contributed by atoms with Gasteiger partial charge in [-0.05, 0) is 24.8 Å². The molecule has 7 heteroatoms. The fourth-order valence-corrected chi connectivity index (χ4v) is 3.65. The first-order valence-electron chi connectivity index (χ1n) is 8.89. The Morgan fingerprint density at radius 1 is 1.36 bits per heavy atom. The molecule has 1 atom stereocenters. The standard InChI is InChI=1S/C18H24N4O3/c23-18(20-7-14-1-4-24-5-2-14)17-11-21(9-15-3-6-25-12-15)10-16-8-19-13-22(16)17/h3,6,8,12-14,17H,1-2,4-5,7,9-11H2,(H,20,23)/t17-/m0/s1. The Kier molecular flexibility index (Phi) is 4.85. The number of nitrogens with zero attached hydrogens (tertiary/aromatic N) is 3. The Balaban J connectivity index is 1.41. The maximum absolute atomic E-state index is 12.8. The lowest BCUT2D eigenvalue weighted by molar-refractivity contribution is -0.126. The summed E-state index contributed by atoms with van der Waals surface area (Å²) >= 11 is 0. The van der Waals surface area contributed by atoms with Crippen LogP contribution in [-0.4, -0.2) is 46.7 Å². The number of imidazole rings is 1. The third-order valence-corrected chi connectivity index (χ3v) is 5.09. The van der Waals surface area contributed by atoms with Crippen LogP contribution >= 0.6 is 0 Å². The Hall–Kier alpha value is -2.12. The number of amides is 1. The van der Waals surface area contributed by atoms with E-state index in [1.54, 1.807) is 18.9 Å². The van der Waals surface area contributed by atoms with Crippen molar-refractivity contribution in [2.45, 2.75) is 32.0 Å². The molecule has 4 rings (SSSR count). The van der Waals surface area contributed by atoms with Gasteiger partial charge in [0.25, 0.3) is 0 Å². The molecule has 2 aromatic heterocycles. The Morgan fingerprint density at radius 2 is 2.24 bits per heavy atom. The van der Waals surface area contributed by atoms with Gasteiger partial charge in [-0.1, -0.05) is 0 Å². The van der Waals surface area contributed by atoms with Gasteiger partial charge in [0, 0.05) is 51.2 Å². The molecule has 0 bridgehead atoms. The van der Waals surface area contributed by atoms with Crippen molar-refractivity contribution >= 4 is 5.91 Å². The van der Waals surface area contributed by atoms with Crippen LogP contribution in [0.15, 0.2) is 35.5 Å². The first-order valence-corrected chi connectivity index (χ1v) is 8.89. The van der Waals surface area contributed by atoms with E-state index in [1.807, 2.05) is 16.8 Å². The van der Waals surface area contributed by atoms with Crippen LogP contribution in [0.1, 0.15) is 30.1 Å². The van der Waals surface area contributed by atoms with E-state index in [1.165, 1.54) is 0 Å². The molecule has 1 saturated heterocycles. The molecule has 0 aliphatic carbocycles. The highest BCUT2D eigenvalue weighted by atomic mass is 16.5. The third-order valence-electron chi connectivity index (χ3n) is 5.09. The minimum absolute atomic E-state index is 0.0719. The summed E-state index contributed by atoms with van der Waals surface area (Å²) in [5.74, 6) is 0.591. The number of hydrogen-bond donors (Lipinski definition) is 1. The van der Waals surface area contributed by atoms with E-state index in [0.29, 0.717) is 12.5 Å². The van der Waals surface area contributed by atoms with E-state index >= 15 is 0 Å². The van der Waals surface area contributed by atoms with Crippen molar-refractivity contribution in [1.29, 1.82) is 0 Å². The van der Waals surface area contributed by atoms with Gasteiger partial charge in [0.05, 0.1) is 24.5 Å². The predicted octanol–water partition coefficient (Wildman–Crippen LogP) is 1.58. The smallest absolute Gasteiger partial charge is 0.244 e. The molecule has 1 N–H and O–H groups in total. The zero-order valence-corrected chi connectivity index (χ0v) is 14.3. The van der Waals surface area contributed by atoms with Crippen LogP contribution < -0.4 is 5.32 Å².